The molecule has 0 fully saturated rings. The van der Waals surface area contributed by atoms with E-state index < -0.39 is 0 Å². The number of aryl methyl sites for hydroxylation is 1. The number of rotatable bonds is 2. The Labute approximate surface area is 120 Å². The van der Waals surface area contributed by atoms with Gasteiger partial charge in [-0.05, 0) is 47.1 Å². The summed E-state index contributed by atoms with van der Waals surface area (Å²) in [6.45, 7) is 1.97. The lowest BCUT2D eigenvalue weighted by Gasteiger charge is -2.03. The second-order valence-corrected chi connectivity index (χ2v) is 6.57. The molecule has 0 saturated carbocycles. The molecule has 0 unspecified atom stereocenters. The van der Waals surface area contributed by atoms with Crippen LogP contribution in [0.3, 0.4) is 0 Å². The number of halogens is 2. The van der Waals surface area contributed by atoms with Crippen molar-refractivity contribution in [2.24, 2.45) is 0 Å². The van der Waals surface area contributed by atoms with E-state index in [0.29, 0.717) is 16.1 Å². The zero-order chi connectivity index (χ0) is 12.6. The first-order valence-corrected chi connectivity index (χ1v) is 7.25. The molecule has 17 heavy (non-hydrogen) atoms. The molecule has 2 nitrogen and oxygen atoms in total. The SMILES string of the molecule is Cc1cc(Br)c(C(=O)c2cc(N)ccc2Br)s1. The Morgan fingerprint density at radius 3 is 2.53 bits per heavy atom. The number of nitrogen functional groups attached to an aromatic ring is 1. The molecule has 0 radical (unpaired) electrons. The number of carbonyl (C=O) groups is 1. The van der Waals surface area contributed by atoms with Crippen LogP contribution in [0.15, 0.2) is 33.2 Å². The van der Waals surface area contributed by atoms with Gasteiger partial charge in [0.2, 0.25) is 5.78 Å². The van der Waals surface area contributed by atoms with Crippen molar-refractivity contribution in [1.29, 1.82) is 0 Å². The summed E-state index contributed by atoms with van der Waals surface area (Å²) in [6, 6.07) is 7.18. The van der Waals surface area contributed by atoms with Crippen LogP contribution >= 0.6 is 43.2 Å². The molecule has 0 aliphatic rings. The lowest BCUT2D eigenvalue weighted by atomic mass is 10.1. The quantitative estimate of drug-likeness (QED) is 0.625. The van der Waals surface area contributed by atoms with Crippen LogP contribution < -0.4 is 5.73 Å². The van der Waals surface area contributed by atoms with E-state index in [-0.39, 0.29) is 5.78 Å². The molecular weight excluding hydrogens is 366 g/mol. The van der Waals surface area contributed by atoms with Gasteiger partial charge < -0.3 is 5.73 Å². The normalized spacial score (nSPS) is 10.5. The monoisotopic (exact) mass is 373 g/mol. The highest BCUT2D eigenvalue weighted by Crippen LogP contribution is 2.31. The Kier molecular flexibility index (Phi) is 3.70. The minimum absolute atomic E-state index is 0.0193. The molecule has 1 aromatic heterocycles. The summed E-state index contributed by atoms with van der Waals surface area (Å²) >= 11 is 8.25. The Morgan fingerprint density at radius 2 is 1.94 bits per heavy atom. The van der Waals surface area contributed by atoms with Gasteiger partial charge in [0.05, 0.1) is 4.88 Å². The Balaban J connectivity index is 2.50. The third kappa shape index (κ3) is 2.61. The Hall–Kier alpha value is -0.650. The maximum absolute atomic E-state index is 12.3. The third-order valence-electron chi connectivity index (χ3n) is 2.25. The molecule has 2 aromatic rings. The van der Waals surface area contributed by atoms with Crippen molar-refractivity contribution >= 4 is 54.7 Å². The Morgan fingerprint density at radius 1 is 1.24 bits per heavy atom. The molecule has 5 heteroatoms. The van der Waals surface area contributed by atoms with E-state index in [1.54, 1.807) is 18.2 Å². The van der Waals surface area contributed by atoms with E-state index in [2.05, 4.69) is 31.9 Å². The van der Waals surface area contributed by atoms with Gasteiger partial charge in [-0.3, -0.25) is 4.79 Å². The Bertz CT molecular complexity index is 592. The number of thiophene rings is 1. The van der Waals surface area contributed by atoms with Crippen molar-refractivity contribution in [2.75, 3.05) is 5.73 Å². The van der Waals surface area contributed by atoms with Gasteiger partial charge in [-0.25, -0.2) is 0 Å². The number of nitrogens with two attached hydrogens (primary N) is 1. The molecule has 0 saturated heterocycles. The minimum atomic E-state index is -0.0193. The van der Waals surface area contributed by atoms with E-state index in [4.69, 9.17) is 5.73 Å². The molecule has 0 spiro atoms. The second-order valence-electron chi connectivity index (χ2n) is 3.60. The highest BCUT2D eigenvalue weighted by atomic mass is 79.9. The first kappa shape index (κ1) is 12.8. The first-order valence-electron chi connectivity index (χ1n) is 4.84. The molecular formula is C12H9Br2NOS. The summed E-state index contributed by atoms with van der Waals surface area (Å²) in [7, 11) is 0. The zero-order valence-electron chi connectivity index (χ0n) is 8.96. The summed E-state index contributed by atoms with van der Waals surface area (Å²) in [6.07, 6.45) is 0. The third-order valence-corrected chi connectivity index (χ3v) is 4.88. The predicted molar refractivity (Wildman–Crippen MR) is 78.7 cm³/mol. The molecule has 88 valence electrons. The van der Waals surface area contributed by atoms with Crippen molar-refractivity contribution in [1.82, 2.24) is 0 Å². The number of hydrogen-bond donors (Lipinski definition) is 1. The van der Waals surface area contributed by atoms with Crippen molar-refractivity contribution in [3.63, 3.8) is 0 Å². The van der Waals surface area contributed by atoms with E-state index >= 15 is 0 Å². The van der Waals surface area contributed by atoms with Gasteiger partial charge >= 0.3 is 0 Å². The zero-order valence-corrected chi connectivity index (χ0v) is 12.9. The summed E-state index contributed by atoms with van der Waals surface area (Å²) in [4.78, 5) is 14.1. The van der Waals surface area contributed by atoms with Gasteiger partial charge in [0.15, 0.2) is 0 Å². The fourth-order valence-electron chi connectivity index (χ4n) is 1.48. The fraction of sp³-hybridized carbons (Fsp3) is 0.0833. The van der Waals surface area contributed by atoms with Crippen LogP contribution in [0.1, 0.15) is 20.1 Å². The molecule has 2 rings (SSSR count). The summed E-state index contributed by atoms with van der Waals surface area (Å²) in [5.74, 6) is -0.0193. The lowest BCUT2D eigenvalue weighted by molar-refractivity contribution is 0.104. The van der Waals surface area contributed by atoms with E-state index in [0.717, 1.165) is 13.8 Å². The highest BCUT2D eigenvalue weighted by Gasteiger charge is 2.18. The van der Waals surface area contributed by atoms with Gasteiger partial charge in [0, 0.05) is 25.1 Å². The smallest absolute Gasteiger partial charge is 0.205 e. The molecule has 0 amide bonds. The maximum atomic E-state index is 12.3. The van der Waals surface area contributed by atoms with E-state index in [1.165, 1.54) is 11.3 Å². The van der Waals surface area contributed by atoms with Gasteiger partial charge in [0.1, 0.15) is 0 Å². The largest absolute Gasteiger partial charge is 0.399 e. The minimum Gasteiger partial charge on any atom is -0.399 e. The summed E-state index contributed by atoms with van der Waals surface area (Å²) < 4.78 is 1.59. The molecule has 0 aliphatic heterocycles. The van der Waals surface area contributed by atoms with Gasteiger partial charge in [-0.1, -0.05) is 15.9 Å². The van der Waals surface area contributed by atoms with Crippen LogP contribution in [0.25, 0.3) is 0 Å². The molecule has 2 N–H and O–H groups in total. The van der Waals surface area contributed by atoms with Gasteiger partial charge in [-0.2, -0.15) is 0 Å². The molecule has 0 bridgehead atoms. The van der Waals surface area contributed by atoms with Gasteiger partial charge in [0.25, 0.3) is 0 Å². The first-order chi connectivity index (χ1) is 7.99. The topological polar surface area (TPSA) is 43.1 Å². The number of anilines is 1. The lowest BCUT2D eigenvalue weighted by Crippen LogP contribution is -2.01. The van der Waals surface area contributed by atoms with Crippen molar-refractivity contribution < 1.29 is 4.79 Å². The predicted octanol–water partition coefficient (Wildman–Crippen LogP) is 4.39. The molecule has 1 aromatic carbocycles. The number of benzene rings is 1. The van der Waals surface area contributed by atoms with Crippen LogP contribution in [-0.2, 0) is 0 Å². The maximum Gasteiger partial charge on any atom is 0.205 e. The van der Waals surface area contributed by atoms with Crippen LogP contribution in [0.2, 0.25) is 0 Å². The van der Waals surface area contributed by atoms with Crippen LogP contribution in [-0.4, -0.2) is 5.78 Å². The highest BCUT2D eigenvalue weighted by molar-refractivity contribution is 9.11. The van der Waals surface area contributed by atoms with Crippen LogP contribution in [0, 0.1) is 6.92 Å². The average Bonchev–Trinajstić information content (AvgIpc) is 2.60. The fourth-order valence-corrected chi connectivity index (χ4v) is 3.68. The number of carbonyl (C=O) groups excluding carboxylic acids is 1. The second kappa shape index (κ2) is 4.92. The van der Waals surface area contributed by atoms with E-state index in [9.17, 15) is 4.79 Å². The number of ketones is 1. The van der Waals surface area contributed by atoms with E-state index in [1.807, 2.05) is 13.0 Å². The number of hydrogen-bond acceptors (Lipinski definition) is 3. The van der Waals surface area contributed by atoms with Crippen molar-refractivity contribution in [2.45, 2.75) is 6.92 Å². The molecule has 0 atom stereocenters. The van der Waals surface area contributed by atoms with Crippen molar-refractivity contribution in [3.8, 4) is 0 Å². The average molecular weight is 375 g/mol. The summed E-state index contributed by atoms with van der Waals surface area (Å²) in [5.41, 5.74) is 6.88. The standard InChI is InChI=1S/C12H9Br2NOS/c1-6-4-10(14)12(17-6)11(16)8-5-7(15)2-3-9(8)13/h2-5H,15H2,1H3. The van der Waals surface area contributed by atoms with Gasteiger partial charge in [-0.15, -0.1) is 11.3 Å². The van der Waals surface area contributed by atoms with Crippen LogP contribution in [0.4, 0.5) is 5.69 Å². The molecule has 0 aliphatic carbocycles. The van der Waals surface area contributed by atoms with Crippen LogP contribution in [0.5, 0.6) is 0 Å². The van der Waals surface area contributed by atoms with Crippen molar-refractivity contribution in [3.05, 3.63) is 48.5 Å². The summed E-state index contributed by atoms with van der Waals surface area (Å²) in [5, 5.41) is 0. The molecule has 1 heterocycles.